The lowest BCUT2D eigenvalue weighted by atomic mass is 9.89. The Hall–Kier alpha value is -1.04. The normalized spacial score (nSPS) is 30.7. The summed E-state index contributed by atoms with van der Waals surface area (Å²) < 4.78 is 0. The van der Waals surface area contributed by atoms with Gasteiger partial charge in [0.05, 0.1) is 0 Å². The standard InChI is InChI=1S/C12H12/c1-3-9-7-11-5-2-6-12(11)8-10(9)4-1/h1,3,5,7-8,10H,2,4,6H2. The van der Waals surface area contributed by atoms with Crippen molar-refractivity contribution >= 4 is 0 Å². The summed E-state index contributed by atoms with van der Waals surface area (Å²) in [6.07, 6.45) is 15.5. The van der Waals surface area contributed by atoms with Crippen LogP contribution in [0.1, 0.15) is 19.3 Å². The first kappa shape index (κ1) is 6.47. The van der Waals surface area contributed by atoms with Crippen LogP contribution in [0.25, 0.3) is 0 Å². The molecule has 0 bridgehead atoms. The van der Waals surface area contributed by atoms with Gasteiger partial charge in [-0.3, -0.25) is 0 Å². The third-order valence-electron chi connectivity index (χ3n) is 3.00. The van der Waals surface area contributed by atoms with Crippen molar-refractivity contribution in [3.63, 3.8) is 0 Å². The molecule has 12 heavy (non-hydrogen) atoms. The smallest absolute Gasteiger partial charge is 0.00587 e. The minimum Gasteiger partial charge on any atom is -0.0833 e. The zero-order valence-electron chi connectivity index (χ0n) is 7.09. The molecule has 3 rings (SSSR count). The molecule has 0 fully saturated rings. The maximum atomic E-state index is 2.47. The van der Waals surface area contributed by atoms with E-state index in [9.17, 15) is 0 Å². The first-order valence-corrected chi connectivity index (χ1v) is 4.73. The Morgan fingerprint density at radius 2 is 2.33 bits per heavy atom. The van der Waals surface area contributed by atoms with E-state index in [1.165, 1.54) is 30.4 Å². The van der Waals surface area contributed by atoms with Gasteiger partial charge in [-0.1, -0.05) is 30.4 Å². The fraction of sp³-hybridized carbons (Fsp3) is 0.333. The molecular formula is C12H12. The predicted molar refractivity (Wildman–Crippen MR) is 50.7 cm³/mol. The molecule has 3 aliphatic carbocycles. The molecule has 0 aromatic carbocycles. The zero-order valence-corrected chi connectivity index (χ0v) is 7.09. The van der Waals surface area contributed by atoms with Gasteiger partial charge in [-0.25, -0.2) is 0 Å². The van der Waals surface area contributed by atoms with Crippen molar-refractivity contribution in [2.45, 2.75) is 19.3 Å². The highest BCUT2D eigenvalue weighted by molar-refractivity contribution is 5.53. The summed E-state index contributed by atoms with van der Waals surface area (Å²) in [6, 6.07) is 0. The van der Waals surface area contributed by atoms with Crippen LogP contribution < -0.4 is 0 Å². The molecule has 0 nitrogen and oxygen atoms in total. The fourth-order valence-corrected chi connectivity index (χ4v) is 2.34. The first-order chi connectivity index (χ1) is 5.93. The van der Waals surface area contributed by atoms with Gasteiger partial charge in [-0.2, -0.15) is 0 Å². The second-order valence-corrected chi connectivity index (χ2v) is 3.78. The Bertz CT molecular complexity index is 337. The van der Waals surface area contributed by atoms with Gasteiger partial charge >= 0.3 is 0 Å². The average Bonchev–Trinajstić information content (AvgIpc) is 2.64. The van der Waals surface area contributed by atoms with Crippen LogP contribution >= 0.6 is 0 Å². The van der Waals surface area contributed by atoms with Gasteiger partial charge in [0.2, 0.25) is 0 Å². The Morgan fingerprint density at radius 3 is 3.33 bits per heavy atom. The van der Waals surface area contributed by atoms with E-state index in [0.29, 0.717) is 0 Å². The van der Waals surface area contributed by atoms with Crippen LogP contribution in [0.2, 0.25) is 0 Å². The summed E-state index contributed by atoms with van der Waals surface area (Å²) in [6.45, 7) is 0. The van der Waals surface area contributed by atoms with Crippen molar-refractivity contribution in [2.75, 3.05) is 0 Å². The summed E-state index contributed by atoms with van der Waals surface area (Å²) in [5.74, 6) is 0.718. The molecule has 0 N–H and O–H groups in total. The molecule has 0 heterocycles. The van der Waals surface area contributed by atoms with Crippen LogP contribution in [0.5, 0.6) is 0 Å². The van der Waals surface area contributed by atoms with E-state index < -0.39 is 0 Å². The van der Waals surface area contributed by atoms with E-state index in [2.05, 4.69) is 30.4 Å². The molecular weight excluding hydrogens is 144 g/mol. The molecule has 0 saturated heterocycles. The van der Waals surface area contributed by atoms with Crippen molar-refractivity contribution in [2.24, 2.45) is 5.92 Å². The van der Waals surface area contributed by atoms with Gasteiger partial charge in [0, 0.05) is 5.92 Å². The number of hydrogen-bond donors (Lipinski definition) is 0. The molecule has 0 heteroatoms. The second kappa shape index (κ2) is 2.22. The van der Waals surface area contributed by atoms with Crippen LogP contribution in [0, 0.1) is 5.92 Å². The van der Waals surface area contributed by atoms with Crippen LogP contribution in [-0.4, -0.2) is 0 Å². The molecule has 0 aromatic heterocycles. The second-order valence-electron chi connectivity index (χ2n) is 3.78. The molecule has 0 aromatic rings. The van der Waals surface area contributed by atoms with Crippen molar-refractivity contribution in [1.29, 1.82) is 0 Å². The van der Waals surface area contributed by atoms with Crippen LogP contribution in [0.3, 0.4) is 0 Å². The molecule has 0 amide bonds. The number of allylic oxidation sites excluding steroid dienone is 8. The Labute approximate surface area is 73.0 Å². The average molecular weight is 156 g/mol. The van der Waals surface area contributed by atoms with Crippen LogP contribution in [-0.2, 0) is 0 Å². The van der Waals surface area contributed by atoms with E-state index in [4.69, 9.17) is 0 Å². The van der Waals surface area contributed by atoms with E-state index in [1.54, 1.807) is 5.57 Å². The Kier molecular flexibility index (Phi) is 1.20. The van der Waals surface area contributed by atoms with Crippen LogP contribution in [0.4, 0.5) is 0 Å². The highest BCUT2D eigenvalue weighted by Crippen LogP contribution is 2.38. The van der Waals surface area contributed by atoms with Crippen molar-refractivity contribution in [3.05, 3.63) is 47.1 Å². The van der Waals surface area contributed by atoms with E-state index in [-0.39, 0.29) is 0 Å². The minimum atomic E-state index is 0.718. The minimum absolute atomic E-state index is 0.718. The largest absolute Gasteiger partial charge is 0.0833 e. The molecule has 0 aliphatic heterocycles. The highest BCUT2D eigenvalue weighted by Gasteiger charge is 2.22. The summed E-state index contributed by atoms with van der Waals surface area (Å²) >= 11 is 0. The number of rotatable bonds is 0. The highest BCUT2D eigenvalue weighted by atomic mass is 14.3. The number of fused-ring (bicyclic) bond motifs is 2. The van der Waals surface area contributed by atoms with Gasteiger partial charge in [0.15, 0.2) is 0 Å². The summed E-state index contributed by atoms with van der Waals surface area (Å²) in [4.78, 5) is 0. The molecule has 0 radical (unpaired) electrons. The molecule has 1 unspecified atom stereocenters. The lowest BCUT2D eigenvalue weighted by Crippen LogP contribution is -2.00. The van der Waals surface area contributed by atoms with Gasteiger partial charge in [0.25, 0.3) is 0 Å². The molecule has 3 aliphatic rings. The lowest BCUT2D eigenvalue weighted by Gasteiger charge is -2.15. The Morgan fingerprint density at radius 1 is 1.33 bits per heavy atom. The monoisotopic (exact) mass is 156 g/mol. The summed E-state index contributed by atoms with van der Waals surface area (Å²) in [5.41, 5.74) is 4.60. The van der Waals surface area contributed by atoms with Crippen molar-refractivity contribution < 1.29 is 0 Å². The van der Waals surface area contributed by atoms with Crippen molar-refractivity contribution in [1.82, 2.24) is 0 Å². The van der Waals surface area contributed by atoms with E-state index in [1.807, 2.05) is 0 Å². The third-order valence-corrected chi connectivity index (χ3v) is 3.00. The molecule has 1 atom stereocenters. The zero-order chi connectivity index (χ0) is 7.97. The molecule has 60 valence electrons. The first-order valence-electron chi connectivity index (χ1n) is 4.73. The van der Waals surface area contributed by atoms with Gasteiger partial charge < -0.3 is 0 Å². The van der Waals surface area contributed by atoms with Crippen molar-refractivity contribution in [3.8, 4) is 0 Å². The van der Waals surface area contributed by atoms with Gasteiger partial charge in [-0.15, -0.1) is 0 Å². The fourth-order valence-electron chi connectivity index (χ4n) is 2.34. The van der Waals surface area contributed by atoms with E-state index >= 15 is 0 Å². The maximum absolute atomic E-state index is 2.47. The third kappa shape index (κ3) is 0.781. The maximum Gasteiger partial charge on any atom is 0.00587 e. The van der Waals surface area contributed by atoms with Gasteiger partial charge in [0.1, 0.15) is 0 Å². The lowest BCUT2D eigenvalue weighted by molar-refractivity contribution is 0.808. The number of hydrogen-bond acceptors (Lipinski definition) is 0. The van der Waals surface area contributed by atoms with Gasteiger partial charge in [-0.05, 0) is 36.0 Å². The quantitative estimate of drug-likeness (QED) is 0.505. The topological polar surface area (TPSA) is 0 Å². The van der Waals surface area contributed by atoms with Crippen LogP contribution in [0.15, 0.2) is 47.1 Å². The summed E-state index contributed by atoms with van der Waals surface area (Å²) in [7, 11) is 0. The SMILES string of the molecule is C1=CC2=CC3=CCCC3=CC2C1. The molecule has 0 saturated carbocycles. The van der Waals surface area contributed by atoms with E-state index in [0.717, 1.165) is 5.92 Å². The molecule has 0 spiro atoms. The Balaban J connectivity index is 2.09. The predicted octanol–water partition coefficient (Wildman–Crippen LogP) is 3.15. The summed E-state index contributed by atoms with van der Waals surface area (Å²) in [5, 5.41) is 0.